The molecule has 4 aliphatic carbocycles. The average Bonchev–Trinajstić information content (AvgIpc) is 1.58. The first-order chi connectivity index (χ1) is 62.4. The second-order valence-corrected chi connectivity index (χ2v) is 43.2. The van der Waals surface area contributed by atoms with Crippen molar-refractivity contribution in [3.05, 3.63) is 71.8 Å². The fourth-order valence-corrected chi connectivity index (χ4v) is 21.8. The zero-order valence-electron chi connectivity index (χ0n) is 70.5. The first-order valence-corrected chi connectivity index (χ1v) is 50.1. The van der Waals surface area contributed by atoms with Gasteiger partial charge in [0.1, 0.15) is 0 Å². The molecule has 1 aromatic rings. The normalized spacial score (nSPS) is 28.3. The minimum absolute atomic E-state index is 0.0143. The monoisotopic (exact) mass is 2110 g/mol. The summed E-state index contributed by atoms with van der Waals surface area (Å²) < 4.78 is 382. The number of halogens is 14. The van der Waals surface area contributed by atoms with Crippen LogP contribution in [0.1, 0.15) is 165 Å². The zero-order chi connectivity index (χ0) is 103. The molecule has 11 aliphatic heterocycles. The number of carbonyl (C=O) groups is 14. The van der Waals surface area contributed by atoms with Gasteiger partial charge < -0.3 is 9.47 Å². The van der Waals surface area contributed by atoms with E-state index in [1.807, 2.05) is 0 Å². The molecular formula is C71H77F14N7O37S7. The second-order valence-electron chi connectivity index (χ2n) is 31.6. The number of alkyl halides is 14. The first-order valence-electron chi connectivity index (χ1n) is 40.2. The van der Waals surface area contributed by atoms with Crippen molar-refractivity contribution in [3.63, 3.8) is 0 Å². The van der Waals surface area contributed by atoms with Crippen molar-refractivity contribution in [2.45, 2.75) is 206 Å². The van der Waals surface area contributed by atoms with Crippen molar-refractivity contribution in [3.8, 4) is 0 Å². The summed E-state index contributed by atoms with van der Waals surface area (Å²) in [7, 11) is -37.6. The quantitative estimate of drug-likeness (QED) is 0.0600. The van der Waals surface area contributed by atoms with Crippen LogP contribution in [0.4, 0.5) is 61.5 Å². The van der Waals surface area contributed by atoms with E-state index in [1.165, 1.54) is 24.3 Å². The third kappa shape index (κ3) is 19.8. The Morgan fingerprint density at radius 3 is 0.816 bits per heavy atom. The second kappa shape index (κ2) is 38.4. The highest BCUT2D eigenvalue weighted by Crippen LogP contribution is 2.58. The van der Waals surface area contributed by atoms with Crippen molar-refractivity contribution in [1.29, 1.82) is 0 Å². The van der Waals surface area contributed by atoms with E-state index in [-0.39, 0.29) is 83.1 Å². The topological polar surface area (TPSA) is 584 Å². The first kappa shape index (κ1) is 109. The molecule has 0 spiro atoms. The number of imide groups is 7. The Morgan fingerprint density at radius 1 is 0.294 bits per heavy atom. The Balaban J connectivity index is 0.000000164. The van der Waals surface area contributed by atoms with E-state index >= 15 is 0 Å². The van der Waals surface area contributed by atoms with E-state index in [4.69, 9.17) is 9.47 Å². The summed E-state index contributed by atoms with van der Waals surface area (Å²) >= 11 is 0. The summed E-state index contributed by atoms with van der Waals surface area (Å²) in [5.41, 5.74) is -0.208. The third-order valence-electron chi connectivity index (χ3n) is 23.6. The van der Waals surface area contributed by atoms with Gasteiger partial charge in [-0.1, -0.05) is 84.9 Å². The summed E-state index contributed by atoms with van der Waals surface area (Å²) in [6.45, 7) is 6.64. The van der Waals surface area contributed by atoms with Crippen LogP contribution in [0.2, 0.25) is 0 Å². The predicted molar refractivity (Wildman–Crippen MR) is 408 cm³/mol. The maximum atomic E-state index is 13.3. The summed E-state index contributed by atoms with van der Waals surface area (Å²) in [6.07, 6.45) is 2.48. The van der Waals surface area contributed by atoms with Crippen molar-refractivity contribution < 1.29 is 227 Å². The lowest BCUT2D eigenvalue weighted by Gasteiger charge is -2.19. The number of hydroxylamine groups is 14. The summed E-state index contributed by atoms with van der Waals surface area (Å²) in [6, 6.07) is 5.43. The van der Waals surface area contributed by atoms with E-state index in [0.29, 0.717) is 31.4 Å². The summed E-state index contributed by atoms with van der Waals surface area (Å²) in [5.74, 6) is -19.8. The number of benzene rings is 1. The lowest BCUT2D eigenvalue weighted by molar-refractivity contribution is -0.170. The molecule has 15 aliphatic rings. The lowest BCUT2D eigenvalue weighted by atomic mass is 9.81. The van der Waals surface area contributed by atoms with Crippen molar-refractivity contribution >= 4 is 154 Å². The van der Waals surface area contributed by atoms with Gasteiger partial charge in [0.05, 0.1) is 82.9 Å². The molecule has 16 atom stereocenters. The molecule has 136 heavy (non-hydrogen) atoms. The van der Waals surface area contributed by atoms with Gasteiger partial charge in [-0.25, -0.2) is 0 Å². The molecule has 8 saturated heterocycles. The largest absolute Gasteiger partial charge is 0.373 e. The molecule has 11 fully saturated rings. The van der Waals surface area contributed by atoms with Gasteiger partial charge in [-0.05, 0) is 74.3 Å². The van der Waals surface area contributed by atoms with Crippen LogP contribution in [0.15, 0.2) is 60.7 Å². The molecule has 16 rings (SSSR count). The number of amides is 14. The molecule has 758 valence electrons. The van der Waals surface area contributed by atoms with Crippen LogP contribution in [0.25, 0.3) is 0 Å². The van der Waals surface area contributed by atoms with Gasteiger partial charge in [-0.15, -0.1) is 65.4 Å². The molecule has 16 unspecified atom stereocenters. The Morgan fingerprint density at radius 2 is 0.537 bits per heavy atom. The molecule has 1 aromatic carbocycles. The number of hydrogen-bond donors (Lipinski definition) is 0. The molecule has 8 bridgehead atoms. The molecule has 65 heteroatoms. The number of carbonyl (C=O) groups excluding carboxylic acids is 14. The van der Waals surface area contributed by atoms with Crippen LogP contribution < -0.4 is 0 Å². The fraction of sp³-hybridized carbons (Fsp3) is 0.634. The number of ether oxygens (including phenoxy) is 2. The molecule has 3 saturated carbocycles. The van der Waals surface area contributed by atoms with E-state index in [9.17, 15) is 188 Å². The Kier molecular flexibility index (Phi) is 30.7. The maximum absolute atomic E-state index is 13.3. The van der Waals surface area contributed by atoms with Crippen molar-refractivity contribution in [2.24, 2.45) is 71.0 Å². The van der Waals surface area contributed by atoms with E-state index in [0.717, 1.165) is 67.7 Å². The Labute approximate surface area is 760 Å². The maximum Gasteiger partial charge on any atom is 0.371 e. The molecular weight excluding hydrogens is 2030 g/mol. The van der Waals surface area contributed by atoms with Crippen molar-refractivity contribution in [1.82, 2.24) is 35.4 Å². The summed E-state index contributed by atoms with van der Waals surface area (Å²) in [4.78, 5) is 164. The minimum Gasteiger partial charge on any atom is -0.373 e. The highest BCUT2D eigenvalue weighted by atomic mass is 32.2. The lowest BCUT2D eigenvalue weighted by Crippen LogP contribution is -2.41. The highest BCUT2D eigenvalue weighted by molar-refractivity contribution is 7.89. The number of allylic oxidation sites excluding steroid dienone is 2. The smallest absolute Gasteiger partial charge is 0.371 e. The molecule has 11 heterocycles. The van der Waals surface area contributed by atoms with Crippen LogP contribution in [0.3, 0.4) is 0 Å². The summed E-state index contributed by atoms with van der Waals surface area (Å²) in [5, 5.41) is -29.7. The van der Waals surface area contributed by atoms with Crippen LogP contribution in [0, 0.1) is 71.0 Å². The Bertz CT molecular complexity index is 5540. The molecule has 0 N–H and O–H groups in total. The molecule has 14 amide bonds. The van der Waals surface area contributed by atoms with Gasteiger partial charge in [-0.3, -0.25) is 67.1 Å². The molecule has 0 radical (unpaired) electrons. The van der Waals surface area contributed by atoms with Gasteiger partial charge in [0, 0.05) is 69.9 Å². The molecule has 44 nitrogen and oxygen atoms in total. The van der Waals surface area contributed by atoms with Crippen LogP contribution in [-0.4, -0.2) is 238 Å². The zero-order valence-corrected chi connectivity index (χ0v) is 76.2. The van der Waals surface area contributed by atoms with Gasteiger partial charge in [0.2, 0.25) is 0 Å². The number of hydrogen-bond acceptors (Lipinski definition) is 37. The Hall–Kier alpha value is -9.27. The van der Waals surface area contributed by atoms with Gasteiger partial charge in [0.25, 0.3) is 82.7 Å². The highest BCUT2D eigenvalue weighted by Gasteiger charge is 2.69. The standard InChI is InChI=1S/C12H15F2NO5S.C12H13F2NO5S.C11H13F2NO6S.C11H11F2NO6S.C11H9F2NO5S.C7H9F2NO5S.C7H7F2NO5S/c2*1-2-12(13,14)21(18,19)20-15-10(16)8-6-3-4-7(5-6)9(8)11(15)17;2*1-2-11(12,13)21(17,18)20-14-9(15)7-5-3-4-6(19-5)8(7)10(14)16;1-2-11(12,13)20(17,18)19-14-9(15)7-5-3-4-6-8(7)10(14)16;2*1-2-7(8,9)16(13,14)15-10-5(11)3-4-6(10)12/h6-9H,2-5H2,1H3;3-4,6-9H,2,5H2,1H3;5-8H,2-4H2,1H3;3-8H,2H2,1H3;3-6H,2H2,1H3;2-4H2,1H3;3-4H,2H2,1H3. The van der Waals surface area contributed by atoms with Gasteiger partial charge in [0.15, 0.2) is 0 Å². The number of fused-ring (bicyclic) bond motifs is 21. The van der Waals surface area contributed by atoms with E-state index in [2.05, 4.69) is 30.0 Å². The van der Waals surface area contributed by atoms with Crippen molar-refractivity contribution in [2.75, 3.05) is 0 Å². The number of rotatable bonds is 28. The average molecular weight is 2110 g/mol. The third-order valence-corrected chi connectivity index (χ3v) is 33.2. The van der Waals surface area contributed by atoms with Gasteiger partial charge >= 0.3 is 108 Å². The van der Waals surface area contributed by atoms with E-state index in [1.54, 1.807) is 24.3 Å². The SMILES string of the molecule is CCC(F)(F)S(=O)(=O)ON1C(=O)C2C3C=CC(C3)C2C1=O.CCC(F)(F)S(=O)(=O)ON1C(=O)C2C3C=CC(O3)C2C1=O.CCC(F)(F)S(=O)(=O)ON1C(=O)C2C3CCC(C3)C2C1=O.CCC(F)(F)S(=O)(=O)ON1C(=O)C2C3CCC(O3)C2C1=O.CCC(F)(F)S(=O)(=O)ON1C(=O)C=CC1=O.CCC(F)(F)S(=O)(=O)ON1C(=O)CCC1=O.CCC(F)(F)S(=O)(=O)ON1C(=O)c2ccccc2C1=O. The minimum atomic E-state index is -5.43. The fourth-order valence-electron chi connectivity index (χ4n) is 16.2. The number of nitrogens with zero attached hydrogens (tertiary/aromatic N) is 7. The van der Waals surface area contributed by atoms with Crippen LogP contribution >= 0.6 is 0 Å². The molecule has 0 aromatic heterocycles. The van der Waals surface area contributed by atoms with Gasteiger partial charge in [-0.2, -0.15) is 120 Å². The van der Waals surface area contributed by atoms with Crippen LogP contribution in [0.5, 0.6) is 0 Å². The van der Waals surface area contributed by atoms with Crippen LogP contribution in [-0.2, 0) is 168 Å². The predicted octanol–water partition coefficient (Wildman–Crippen LogP) is 5.06. The van der Waals surface area contributed by atoms with E-state index < -0.39 is 307 Å².